The van der Waals surface area contributed by atoms with E-state index in [2.05, 4.69) is 20.9 Å². The molecule has 6 heteroatoms. The van der Waals surface area contributed by atoms with E-state index in [0.717, 1.165) is 5.56 Å². The second-order valence-electron chi connectivity index (χ2n) is 4.25. The molecule has 5 nitrogen and oxygen atoms in total. The van der Waals surface area contributed by atoms with Crippen LogP contribution in [0.1, 0.15) is 17.5 Å². The molecule has 1 aromatic heterocycles. The van der Waals surface area contributed by atoms with Gasteiger partial charge in [-0.2, -0.15) is 0 Å². The molecule has 0 saturated heterocycles. The topological polar surface area (TPSA) is 60.8 Å². The van der Waals surface area contributed by atoms with Crippen molar-refractivity contribution in [1.29, 1.82) is 0 Å². The Morgan fingerprint density at radius 1 is 1.19 bits per heavy atom. The van der Waals surface area contributed by atoms with Crippen molar-refractivity contribution < 1.29 is 19.3 Å². The van der Waals surface area contributed by atoms with Gasteiger partial charge in [-0.3, -0.25) is 4.98 Å². The molecular formula is C15H16BrNO4. The maximum Gasteiger partial charge on any atom is 0.204 e. The molecule has 1 N–H and O–H groups in total. The van der Waals surface area contributed by atoms with Crippen LogP contribution in [0.2, 0.25) is 0 Å². The lowest BCUT2D eigenvalue weighted by Gasteiger charge is -2.18. The number of rotatable bonds is 6. The molecule has 0 aliphatic heterocycles. The summed E-state index contributed by atoms with van der Waals surface area (Å²) >= 11 is 3.23. The van der Waals surface area contributed by atoms with E-state index in [4.69, 9.17) is 14.2 Å². The Bertz CT molecular complexity index is 588. The second kappa shape index (κ2) is 7.40. The smallest absolute Gasteiger partial charge is 0.204 e. The van der Waals surface area contributed by atoms with Crippen molar-refractivity contribution in [3.63, 3.8) is 0 Å². The van der Waals surface area contributed by atoms with E-state index in [1.165, 1.54) is 20.4 Å². The van der Waals surface area contributed by atoms with Gasteiger partial charge < -0.3 is 19.3 Å². The molecule has 0 unspecified atom stereocenters. The first-order chi connectivity index (χ1) is 10.2. The summed E-state index contributed by atoms with van der Waals surface area (Å²) in [5.41, 5.74) is 1.37. The largest absolute Gasteiger partial charge is 0.503 e. The van der Waals surface area contributed by atoms with E-state index < -0.39 is 6.29 Å². The number of hydrogen-bond donors (Lipinski definition) is 1. The van der Waals surface area contributed by atoms with Crippen LogP contribution in [0.15, 0.2) is 41.0 Å². The third-order valence-electron chi connectivity index (χ3n) is 2.87. The van der Waals surface area contributed by atoms with Crippen LogP contribution < -0.4 is 4.74 Å². The highest BCUT2D eigenvalue weighted by atomic mass is 79.9. The predicted octanol–water partition coefficient (Wildman–Crippen LogP) is 3.42. The highest BCUT2D eigenvalue weighted by Gasteiger charge is 2.22. The average molecular weight is 354 g/mol. The van der Waals surface area contributed by atoms with E-state index in [1.807, 2.05) is 30.3 Å². The van der Waals surface area contributed by atoms with E-state index in [-0.39, 0.29) is 11.5 Å². The minimum atomic E-state index is -0.713. The highest BCUT2D eigenvalue weighted by Crippen LogP contribution is 2.39. The van der Waals surface area contributed by atoms with Crippen molar-refractivity contribution in [1.82, 2.24) is 4.98 Å². The number of aromatic nitrogens is 1. The summed E-state index contributed by atoms with van der Waals surface area (Å²) < 4.78 is 16.5. The predicted molar refractivity (Wildman–Crippen MR) is 81.1 cm³/mol. The van der Waals surface area contributed by atoms with E-state index in [0.29, 0.717) is 16.8 Å². The van der Waals surface area contributed by atoms with E-state index >= 15 is 0 Å². The molecule has 0 radical (unpaired) electrons. The molecule has 0 fully saturated rings. The summed E-state index contributed by atoms with van der Waals surface area (Å²) in [5.74, 6) is 0.206. The lowest BCUT2D eigenvalue weighted by molar-refractivity contribution is -0.110. The van der Waals surface area contributed by atoms with Crippen molar-refractivity contribution in [2.45, 2.75) is 12.9 Å². The molecule has 0 bridgehead atoms. The average Bonchev–Trinajstić information content (AvgIpc) is 2.52. The van der Waals surface area contributed by atoms with Crippen molar-refractivity contribution in [2.24, 2.45) is 0 Å². The van der Waals surface area contributed by atoms with Gasteiger partial charge in [0.25, 0.3) is 0 Å². The summed E-state index contributed by atoms with van der Waals surface area (Å²) in [6.07, 6.45) is 0.764. The molecule has 0 spiro atoms. The first-order valence-corrected chi connectivity index (χ1v) is 7.06. The summed E-state index contributed by atoms with van der Waals surface area (Å²) in [6.45, 7) is 0.305. The third kappa shape index (κ3) is 3.72. The fraction of sp³-hybridized carbons (Fsp3) is 0.267. The number of halogens is 1. The minimum absolute atomic E-state index is 0.0324. The Morgan fingerprint density at radius 3 is 2.48 bits per heavy atom. The van der Waals surface area contributed by atoms with Gasteiger partial charge in [0, 0.05) is 20.4 Å². The number of methoxy groups -OCH3 is 2. The number of pyridine rings is 1. The molecule has 0 amide bonds. The zero-order chi connectivity index (χ0) is 15.2. The SMILES string of the molecule is COC(OC)c1ncc(Br)c(O)c1OCc1ccccc1. The van der Waals surface area contributed by atoms with Crippen molar-refractivity contribution in [3.8, 4) is 11.5 Å². The molecule has 2 rings (SSSR count). The lowest BCUT2D eigenvalue weighted by atomic mass is 10.2. The molecule has 21 heavy (non-hydrogen) atoms. The van der Waals surface area contributed by atoms with Crippen LogP contribution in [0.5, 0.6) is 11.5 Å². The number of ether oxygens (including phenoxy) is 3. The van der Waals surface area contributed by atoms with Crippen LogP contribution in [0, 0.1) is 0 Å². The maximum atomic E-state index is 10.2. The molecule has 0 aliphatic carbocycles. The van der Waals surface area contributed by atoms with Crippen molar-refractivity contribution >= 4 is 15.9 Å². The maximum absolute atomic E-state index is 10.2. The van der Waals surface area contributed by atoms with Crippen LogP contribution >= 0.6 is 15.9 Å². The fourth-order valence-electron chi connectivity index (χ4n) is 1.84. The number of hydrogen-bond acceptors (Lipinski definition) is 5. The third-order valence-corrected chi connectivity index (χ3v) is 3.45. The van der Waals surface area contributed by atoms with Crippen LogP contribution in [-0.2, 0) is 16.1 Å². The summed E-state index contributed by atoms with van der Waals surface area (Å²) in [7, 11) is 2.99. The first-order valence-electron chi connectivity index (χ1n) is 6.27. The molecule has 0 aliphatic rings. The quantitative estimate of drug-likeness (QED) is 0.806. The lowest BCUT2D eigenvalue weighted by Crippen LogP contribution is -2.09. The van der Waals surface area contributed by atoms with Gasteiger partial charge >= 0.3 is 0 Å². The van der Waals surface area contributed by atoms with Gasteiger partial charge in [-0.25, -0.2) is 0 Å². The monoisotopic (exact) mass is 353 g/mol. The van der Waals surface area contributed by atoms with Crippen LogP contribution in [0.4, 0.5) is 0 Å². The van der Waals surface area contributed by atoms with Gasteiger partial charge in [-0.05, 0) is 21.5 Å². The van der Waals surface area contributed by atoms with Gasteiger partial charge in [-0.1, -0.05) is 30.3 Å². The Hall–Kier alpha value is -1.63. The molecular weight excluding hydrogens is 338 g/mol. The zero-order valence-corrected chi connectivity index (χ0v) is 13.3. The van der Waals surface area contributed by atoms with E-state index in [1.54, 1.807) is 0 Å². The van der Waals surface area contributed by atoms with Crippen molar-refractivity contribution in [2.75, 3.05) is 14.2 Å². The summed E-state index contributed by atoms with van der Waals surface area (Å²) in [4.78, 5) is 4.21. The van der Waals surface area contributed by atoms with Gasteiger partial charge in [-0.15, -0.1) is 0 Å². The number of benzene rings is 1. The fourth-order valence-corrected chi connectivity index (χ4v) is 2.12. The molecule has 1 heterocycles. The molecule has 1 aromatic carbocycles. The molecule has 112 valence electrons. The Balaban J connectivity index is 2.29. The second-order valence-corrected chi connectivity index (χ2v) is 5.10. The van der Waals surface area contributed by atoms with Crippen molar-refractivity contribution in [3.05, 3.63) is 52.3 Å². The standard InChI is InChI=1S/C15H16BrNO4/c1-19-15(20-2)12-14(13(18)11(16)8-17-12)21-9-10-6-4-3-5-7-10/h3-8,15H,9H2,1-2H3,(H,17,18). The van der Waals surface area contributed by atoms with Crippen LogP contribution in [0.25, 0.3) is 0 Å². The van der Waals surface area contributed by atoms with Gasteiger partial charge in [0.2, 0.25) is 6.29 Å². The van der Waals surface area contributed by atoms with Crippen LogP contribution in [0.3, 0.4) is 0 Å². The zero-order valence-electron chi connectivity index (χ0n) is 11.7. The summed E-state index contributed by atoms with van der Waals surface area (Å²) in [6, 6.07) is 9.65. The summed E-state index contributed by atoms with van der Waals surface area (Å²) in [5, 5.41) is 10.2. The van der Waals surface area contributed by atoms with Gasteiger partial charge in [0.1, 0.15) is 12.3 Å². The first kappa shape index (κ1) is 15.8. The Kier molecular flexibility index (Phi) is 5.55. The van der Waals surface area contributed by atoms with Gasteiger partial charge in [0.15, 0.2) is 11.5 Å². The number of nitrogens with zero attached hydrogens (tertiary/aromatic N) is 1. The Labute approximate surface area is 131 Å². The molecule has 2 aromatic rings. The van der Waals surface area contributed by atoms with Gasteiger partial charge in [0.05, 0.1) is 4.47 Å². The highest BCUT2D eigenvalue weighted by molar-refractivity contribution is 9.10. The Morgan fingerprint density at radius 2 is 1.86 bits per heavy atom. The van der Waals surface area contributed by atoms with E-state index in [9.17, 15) is 5.11 Å². The normalized spacial score (nSPS) is 10.9. The number of aromatic hydroxyl groups is 1. The molecule has 0 atom stereocenters. The minimum Gasteiger partial charge on any atom is -0.503 e. The molecule has 0 saturated carbocycles. The van der Waals surface area contributed by atoms with Crippen LogP contribution in [-0.4, -0.2) is 24.3 Å².